The van der Waals surface area contributed by atoms with Gasteiger partial charge in [-0.1, -0.05) is 0 Å². The van der Waals surface area contributed by atoms with Gasteiger partial charge in [-0.15, -0.1) is 11.3 Å². The molecule has 7 nitrogen and oxygen atoms in total. The third kappa shape index (κ3) is 3.47. The molecule has 0 spiro atoms. The fraction of sp³-hybridized carbons (Fsp3) is 0.200. The normalized spacial score (nSPS) is 11.5. The number of aryl methyl sites for hydroxylation is 1. The molecule has 0 aliphatic carbocycles. The van der Waals surface area contributed by atoms with Gasteiger partial charge in [-0.25, -0.2) is 18.4 Å². The number of rotatable bonds is 5. The maximum Gasteiger partial charge on any atom is 0.333 e. The number of amides is 2. The molecule has 0 aliphatic rings. The smallest absolute Gasteiger partial charge is 0.333 e. The summed E-state index contributed by atoms with van der Waals surface area (Å²) in [4.78, 5) is 27.8. The number of nitrogens with zero attached hydrogens (tertiary/aromatic N) is 3. The van der Waals surface area contributed by atoms with Gasteiger partial charge >= 0.3 is 6.55 Å². The fourth-order valence-electron chi connectivity index (χ4n) is 2.46. The number of primary amides is 1. The topological polar surface area (TPSA) is 103 Å². The number of fused-ring (bicyclic) bond motifs is 1. The number of pyridine rings is 1. The molecular weight excluding hydrogens is 390 g/mol. The second-order valence-electron chi connectivity index (χ2n) is 5.43. The number of alkyl halides is 4. The van der Waals surface area contributed by atoms with Gasteiger partial charge in [0.05, 0.1) is 5.69 Å². The quantitative estimate of drug-likeness (QED) is 0.639. The van der Waals surface area contributed by atoms with E-state index in [1.807, 2.05) is 0 Å². The molecule has 142 valence electrons. The molecule has 0 radical (unpaired) electrons. The minimum atomic E-state index is -2.92. The van der Waals surface area contributed by atoms with Crippen LogP contribution in [-0.4, -0.2) is 26.6 Å². The van der Waals surface area contributed by atoms with E-state index in [9.17, 15) is 27.2 Å². The molecule has 0 unspecified atom stereocenters. The van der Waals surface area contributed by atoms with E-state index in [1.165, 1.54) is 6.92 Å². The first-order valence-electron chi connectivity index (χ1n) is 7.35. The van der Waals surface area contributed by atoms with Crippen molar-refractivity contribution in [3.63, 3.8) is 0 Å². The number of nitrogens with two attached hydrogens (primary N) is 1. The highest BCUT2D eigenvalue weighted by Gasteiger charge is 2.24. The van der Waals surface area contributed by atoms with Crippen LogP contribution >= 0.6 is 11.3 Å². The van der Waals surface area contributed by atoms with Gasteiger partial charge in [-0.3, -0.25) is 9.59 Å². The predicted molar refractivity (Wildman–Crippen MR) is 89.3 cm³/mol. The summed E-state index contributed by atoms with van der Waals surface area (Å²) in [5.41, 5.74) is 4.83. The lowest BCUT2D eigenvalue weighted by Gasteiger charge is -2.07. The largest absolute Gasteiger partial charge is 0.365 e. The maximum atomic E-state index is 12.9. The average molecular weight is 401 g/mol. The first-order valence-corrected chi connectivity index (χ1v) is 8.17. The molecule has 3 aromatic heterocycles. The van der Waals surface area contributed by atoms with Crippen LogP contribution in [0.4, 0.5) is 23.2 Å². The first-order chi connectivity index (χ1) is 12.7. The number of carbonyl (C=O) groups is 2. The molecule has 3 N–H and O–H groups in total. The Bertz CT molecular complexity index is 1050. The zero-order valence-electron chi connectivity index (χ0n) is 13.5. The summed E-state index contributed by atoms with van der Waals surface area (Å²) in [6, 6.07) is 2.20. The molecule has 0 saturated heterocycles. The molecule has 12 heteroatoms. The molecule has 0 atom stereocenters. The second-order valence-corrected chi connectivity index (χ2v) is 6.43. The third-order valence-corrected chi connectivity index (χ3v) is 4.70. The van der Waals surface area contributed by atoms with Crippen molar-refractivity contribution >= 4 is 39.1 Å². The van der Waals surface area contributed by atoms with Crippen LogP contribution in [0.1, 0.15) is 44.4 Å². The zero-order chi connectivity index (χ0) is 19.9. The van der Waals surface area contributed by atoms with Crippen molar-refractivity contribution in [3.8, 4) is 0 Å². The van der Waals surface area contributed by atoms with Gasteiger partial charge < -0.3 is 11.1 Å². The number of anilines is 1. The van der Waals surface area contributed by atoms with Gasteiger partial charge in [-0.2, -0.15) is 13.9 Å². The zero-order valence-corrected chi connectivity index (χ0v) is 14.4. The van der Waals surface area contributed by atoms with E-state index in [-0.39, 0.29) is 31.2 Å². The van der Waals surface area contributed by atoms with Gasteiger partial charge in [0.15, 0.2) is 5.69 Å². The molecule has 0 aliphatic heterocycles. The molecule has 2 amide bonds. The van der Waals surface area contributed by atoms with Crippen molar-refractivity contribution in [2.24, 2.45) is 5.73 Å². The summed E-state index contributed by atoms with van der Waals surface area (Å²) in [5, 5.41) is 6.09. The van der Waals surface area contributed by atoms with Crippen molar-refractivity contribution in [2.75, 3.05) is 5.32 Å². The first kappa shape index (κ1) is 18.8. The number of hydrogen-bond acceptors (Lipinski definition) is 5. The summed E-state index contributed by atoms with van der Waals surface area (Å²) in [6.45, 7) is -1.41. The lowest BCUT2D eigenvalue weighted by Crippen LogP contribution is -2.17. The molecule has 0 fully saturated rings. The Morgan fingerprint density at radius 3 is 2.56 bits per heavy atom. The predicted octanol–water partition coefficient (Wildman–Crippen LogP) is 3.49. The van der Waals surface area contributed by atoms with E-state index in [1.54, 1.807) is 0 Å². The van der Waals surface area contributed by atoms with Crippen molar-refractivity contribution in [2.45, 2.75) is 19.9 Å². The minimum absolute atomic E-state index is 0.0232. The monoisotopic (exact) mass is 401 g/mol. The van der Waals surface area contributed by atoms with Crippen LogP contribution < -0.4 is 11.1 Å². The maximum absolute atomic E-state index is 12.9. The summed E-state index contributed by atoms with van der Waals surface area (Å²) < 4.78 is 51.4. The molecule has 27 heavy (non-hydrogen) atoms. The summed E-state index contributed by atoms with van der Waals surface area (Å²) in [6.07, 6.45) is -1.90. The van der Waals surface area contributed by atoms with Crippen molar-refractivity contribution in [1.82, 2.24) is 14.8 Å². The summed E-state index contributed by atoms with van der Waals surface area (Å²) >= 11 is 0.746. The van der Waals surface area contributed by atoms with Crippen LogP contribution in [0.3, 0.4) is 0 Å². The number of halogens is 4. The van der Waals surface area contributed by atoms with Crippen LogP contribution in [0.15, 0.2) is 18.3 Å². The third-order valence-electron chi connectivity index (χ3n) is 3.61. The molecule has 0 aromatic carbocycles. The van der Waals surface area contributed by atoms with Crippen molar-refractivity contribution < 1.29 is 27.2 Å². The van der Waals surface area contributed by atoms with E-state index >= 15 is 0 Å². The lowest BCUT2D eigenvalue weighted by molar-refractivity contribution is 0.0561. The molecule has 3 heterocycles. The summed E-state index contributed by atoms with van der Waals surface area (Å²) in [7, 11) is 0. The van der Waals surface area contributed by atoms with Crippen molar-refractivity contribution in [3.05, 3.63) is 40.2 Å². The number of thiophene rings is 1. The molecule has 3 rings (SSSR count). The second kappa shape index (κ2) is 6.95. The number of hydrogen-bond donors (Lipinski definition) is 2. The standard InChI is InChI=1S/C15H11F4N5O2S/c1-5-4-7(11(16)17)21-14-8(5)9(10(27-14)12(20)25)22-13(26)6-2-3-24(23-6)15(18)19/h2-4,11,15H,1H3,(H2,20,25)(H,22,26). The Morgan fingerprint density at radius 1 is 1.30 bits per heavy atom. The molecule has 3 aromatic rings. The van der Waals surface area contributed by atoms with Gasteiger partial charge in [0.2, 0.25) is 0 Å². The fourth-order valence-corrected chi connectivity index (χ4v) is 3.52. The van der Waals surface area contributed by atoms with E-state index in [2.05, 4.69) is 15.4 Å². The van der Waals surface area contributed by atoms with E-state index in [0.717, 1.165) is 29.7 Å². The van der Waals surface area contributed by atoms with Gasteiger partial charge in [-0.05, 0) is 24.6 Å². The van der Waals surface area contributed by atoms with Gasteiger partial charge in [0.25, 0.3) is 18.2 Å². The Hall–Kier alpha value is -3.02. The molecule has 0 saturated carbocycles. The highest BCUT2D eigenvalue weighted by atomic mass is 32.1. The van der Waals surface area contributed by atoms with Crippen LogP contribution in [0.5, 0.6) is 0 Å². The van der Waals surface area contributed by atoms with Gasteiger partial charge in [0.1, 0.15) is 15.4 Å². The minimum Gasteiger partial charge on any atom is -0.365 e. The van der Waals surface area contributed by atoms with Gasteiger partial charge in [0, 0.05) is 11.6 Å². The Morgan fingerprint density at radius 2 is 2.00 bits per heavy atom. The number of nitrogens with one attached hydrogen (secondary N) is 1. The van der Waals surface area contributed by atoms with E-state index < -0.39 is 30.5 Å². The van der Waals surface area contributed by atoms with Crippen LogP contribution in [0.2, 0.25) is 0 Å². The Kier molecular flexibility index (Phi) is 4.83. The lowest BCUT2D eigenvalue weighted by atomic mass is 10.1. The van der Waals surface area contributed by atoms with Crippen molar-refractivity contribution in [1.29, 1.82) is 0 Å². The van der Waals surface area contributed by atoms with Crippen LogP contribution in [0, 0.1) is 6.92 Å². The van der Waals surface area contributed by atoms with Crippen LogP contribution in [0.25, 0.3) is 10.2 Å². The van der Waals surface area contributed by atoms with E-state index in [0.29, 0.717) is 5.56 Å². The molecule has 0 bridgehead atoms. The average Bonchev–Trinajstić information content (AvgIpc) is 3.20. The number of carbonyl (C=O) groups excluding carboxylic acids is 2. The number of aromatic nitrogens is 3. The Balaban J connectivity index is 2.07. The van der Waals surface area contributed by atoms with E-state index in [4.69, 9.17) is 5.73 Å². The SMILES string of the molecule is Cc1cc(C(F)F)nc2sc(C(N)=O)c(NC(=O)c3ccn(C(F)F)n3)c12. The Labute approximate surface area is 152 Å². The molecular formula is C15H11F4N5O2S. The summed E-state index contributed by atoms with van der Waals surface area (Å²) in [5.74, 6) is -1.77. The van der Waals surface area contributed by atoms with Crippen LogP contribution in [-0.2, 0) is 0 Å². The highest BCUT2D eigenvalue weighted by Crippen LogP contribution is 2.38. The highest BCUT2D eigenvalue weighted by molar-refractivity contribution is 7.21.